The summed E-state index contributed by atoms with van der Waals surface area (Å²) in [5.41, 5.74) is 0. The minimum Gasteiger partial charge on any atom is -0.760 e. The lowest BCUT2D eigenvalue weighted by Crippen LogP contribution is -2.22. The van der Waals surface area contributed by atoms with Gasteiger partial charge in [-0.2, -0.15) is 0 Å². The summed E-state index contributed by atoms with van der Waals surface area (Å²) >= 11 is 4.74. The van der Waals surface area contributed by atoms with Crippen molar-refractivity contribution in [3.8, 4) is 0 Å². The van der Waals surface area contributed by atoms with Crippen molar-refractivity contribution in [1.29, 1.82) is 0 Å². The Morgan fingerprint density at radius 2 is 2.00 bits per heavy atom. The molecule has 0 unspecified atom stereocenters. The van der Waals surface area contributed by atoms with E-state index in [9.17, 15) is 8.42 Å². The van der Waals surface area contributed by atoms with Crippen LogP contribution < -0.4 is 0 Å². The average Bonchev–Trinajstić information content (AvgIpc) is 2.04. The molecule has 0 aliphatic carbocycles. The molecule has 0 radical (unpaired) electrons. The Balaban J connectivity index is 3.17. The van der Waals surface area contributed by atoms with E-state index in [1.54, 1.807) is 0 Å². The van der Waals surface area contributed by atoms with Crippen LogP contribution in [0.25, 0.3) is 0 Å². The number of pyridine rings is 1. The number of aromatic nitrogens is 1. The predicted octanol–water partition coefficient (Wildman–Crippen LogP) is 0.238. The highest BCUT2D eigenvalue weighted by molar-refractivity contribution is 7.89. The molecule has 1 heterocycles. The van der Waals surface area contributed by atoms with Crippen LogP contribution in [0.5, 0.6) is 0 Å². The van der Waals surface area contributed by atoms with Crippen molar-refractivity contribution in [3.05, 3.63) is 18.3 Å². The first-order chi connectivity index (χ1) is 5.94. The smallest absolute Gasteiger partial charge is 0.244 e. The second-order valence-electron chi connectivity index (χ2n) is 2.62. The summed E-state index contributed by atoms with van der Waals surface area (Å²) in [4.78, 5) is 3.90. The Labute approximate surface area is 83.1 Å². The van der Waals surface area contributed by atoms with E-state index in [0.29, 0.717) is 5.03 Å². The highest BCUT2D eigenvalue weighted by Gasteiger charge is 2.16. The van der Waals surface area contributed by atoms with Crippen molar-refractivity contribution in [3.63, 3.8) is 0 Å². The van der Waals surface area contributed by atoms with Gasteiger partial charge in [-0.05, 0) is 6.07 Å². The largest absolute Gasteiger partial charge is 0.760 e. The molecule has 0 N–H and O–H groups in total. The van der Waals surface area contributed by atoms with Crippen LogP contribution in [0.2, 0.25) is 0 Å². The molecule has 0 atom stereocenters. The maximum absolute atomic E-state index is 11.5. The second-order valence-corrected chi connectivity index (χ2v) is 5.19. The van der Waals surface area contributed by atoms with Crippen LogP contribution >= 0.6 is 0 Å². The van der Waals surface area contributed by atoms with Crippen LogP contribution in [0.3, 0.4) is 0 Å². The van der Waals surface area contributed by atoms with E-state index in [-0.39, 0.29) is 4.90 Å². The number of hydrogen-bond donors (Lipinski definition) is 0. The third-order valence-electron chi connectivity index (χ3n) is 1.49. The highest BCUT2D eigenvalue weighted by atomic mass is 32.2. The van der Waals surface area contributed by atoms with Crippen LogP contribution in [-0.4, -0.2) is 31.8 Å². The van der Waals surface area contributed by atoms with Crippen molar-refractivity contribution in [2.75, 3.05) is 14.1 Å². The molecule has 4 nitrogen and oxygen atoms in total. The van der Waals surface area contributed by atoms with Gasteiger partial charge in [-0.15, -0.1) is 0 Å². The molecule has 0 saturated carbocycles. The van der Waals surface area contributed by atoms with Gasteiger partial charge in [-0.1, -0.05) is 11.1 Å². The van der Waals surface area contributed by atoms with Crippen molar-refractivity contribution < 1.29 is 8.42 Å². The summed E-state index contributed by atoms with van der Waals surface area (Å²) < 4.78 is 24.1. The molecule has 0 bridgehead atoms. The zero-order valence-corrected chi connectivity index (χ0v) is 8.89. The standard InChI is InChI=1S/C7H10N2O2S2/c1-9(2)13(10,11)6-3-4-7(12)8-5-6/h3-5H,1-2H3,(H,8,12)/p-1. The highest BCUT2D eigenvalue weighted by Crippen LogP contribution is 2.11. The van der Waals surface area contributed by atoms with E-state index in [2.05, 4.69) is 4.98 Å². The van der Waals surface area contributed by atoms with Gasteiger partial charge in [0.15, 0.2) is 0 Å². The maximum atomic E-state index is 11.5. The number of sulfonamides is 1. The Morgan fingerprint density at radius 3 is 2.38 bits per heavy atom. The van der Waals surface area contributed by atoms with E-state index in [0.717, 1.165) is 4.31 Å². The topological polar surface area (TPSA) is 50.3 Å². The third kappa shape index (κ3) is 2.15. The molecule has 0 aliphatic rings. The molecule has 1 aromatic rings. The number of rotatable bonds is 2. The lowest BCUT2D eigenvalue weighted by atomic mass is 10.5. The Bertz CT molecular complexity index is 383. The zero-order valence-electron chi connectivity index (χ0n) is 7.26. The van der Waals surface area contributed by atoms with E-state index in [1.165, 1.54) is 32.4 Å². The molecule has 1 aromatic heterocycles. The van der Waals surface area contributed by atoms with Crippen LogP contribution in [0, 0.1) is 0 Å². The van der Waals surface area contributed by atoms with E-state index in [4.69, 9.17) is 12.6 Å². The summed E-state index contributed by atoms with van der Waals surface area (Å²) in [6.07, 6.45) is 1.26. The van der Waals surface area contributed by atoms with E-state index < -0.39 is 10.0 Å². The van der Waals surface area contributed by atoms with Gasteiger partial charge >= 0.3 is 0 Å². The maximum Gasteiger partial charge on any atom is 0.244 e. The zero-order chi connectivity index (χ0) is 10.1. The summed E-state index contributed by atoms with van der Waals surface area (Å²) in [7, 11) is -0.431. The van der Waals surface area contributed by atoms with Gasteiger partial charge in [0.2, 0.25) is 10.0 Å². The molecule has 0 fully saturated rings. The van der Waals surface area contributed by atoms with Gasteiger partial charge in [0.25, 0.3) is 0 Å². The van der Waals surface area contributed by atoms with Gasteiger partial charge in [-0.25, -0.2) is 12.7 Å². The monoisotopic (exact) mass is 217 g/mol. The van der Waals surface area contributed by atoms with Gasteiger partial charge in [0.1, 0.15) is 4.90 Å². The first-order valence-electron chi connectivity index (χ1n) is 3.50. The normalized spacial score (nSPS) is 11.9. The van der Waals surface area contributed by atoms with Crippen LogP contribution in [0.4, 0.5) is 0 Å². The fourth-order valence-electron chi connectivity index (χ4n) is 0.730. The molecular formula is C7H9N2O2S2-. The summed E-state index contributed by atoms with van der Waals surface area (Å²) in [6.45, 7) is 0. The summed E-state index contributed by atoms with van der Waals surface area (Å²) in [5, 5.41) is 0.387. The molecule has 72 valence electrons. The van der Waals surface area contributed by atoms with E-state index in [1.807, 2.05) is 0 Å². The van der Waals surface area contributed by atoms with Crippen LogP contribution in [0.15, 0.2) is 28.3 Å². The summed E-state index contributed by atoms with van der Waals surface area (Å²) in [5.74, 6) is 0. The molecular weight excluding hydrogens is 208 g/mol. The molecule has 0 amide bonds. The van der Waals surface area contributed by atoms with Gasteiger partial charge in [0.05, 0.1) is 0 Å². The van der Waals surface area contributed by atoms with Gasteiger partial charge < -0.3 is 12.6 Å². The van der Waals surface area contributed by atoms with Crippen molar-refractivity contribution >= 4 is 22.7 Å². The average molecular weight is 217 g/mol. The molecule has 0 saturated heterocycles. The minimum absolute atomic E-state index is 0.158. The van der Waals surface area contributed by atoms with Crippen LogP contribution in [0.1, 0.15) is 0 Å². The lowest BCUT2D eigenvalue weighted by Gasteiger charge is -2.11. The Kier molecular flexibility index (Phi) is 2.84. The van der Waals surface area contributed by atoms with Gasteiger partial charge in [-0.3, -0.25) is 4.98 Å². The molecule has 13 heavy (non-hydrogen) atoms. The van der Waals surface area contributed by atoms with Crippen molar-refractivity contribution in [2.45, 2.75) is 9.92 Å². The Hall–Kier alpha value is -0.720. The second kappa shape index (κ2) is 3.57. The fraction of sp³-hybridized carbons (Fsp3) is 0.286. The number of nitrogens with zero attached hydrogens (tertiary/aromatic N) is 2. The van der Waals surface area contributed by atoms with Crippen molar-refractivity contribution in [2.24, 2.45) is 0 Å². The predicted molar refractivity (Wildman–Crippen MR) is 50.7 cm³/mol. The first-order valence-corrected chi connectivity index (χ1v) is 5.35. The molecule has 0 aliphatic heterocycles. The Morgan fingerprint density at radius 1 is 1.38 bits per heavy atom. The van der Waals surface area contributed by atoms with E-state index >= 15 is 0 Å². The molecule has 1 rings (SSSR count). The lowest BCUT2D eigenvalue weighted by molar-refractivity contribution is 0.520. The molecule has 0 spiro atoms. The molecule has 0 aromatic carbocycles. The van der Waals surface area contributed by atoms with Crippen molar-refractivity contribution in [1.82, 2.24) is 9.29 Å². The minimum atomic E-state index is -3.37. The van der Waals surface area contributed by atoms with Gasteiger partial charge in [0, 0.05) is 20.3 Å². The quantitative estimate of drug-likeness (QED) is 0.666. The third-order valence-corrected chi connectivity index (χ3v) is 3.53. The van der Waals surface area contributed by atoms with Crippen LogP contribution in [-0.2, 0) is 22.7 Å². The fourth-order valence-corrected chi connectivity index (χ4v) is 1.70. The molecule has 6 heteroatoms. The number of hydrogen-bond acceptors (Lipinski definition) is 4. The first kappa shape index (κ1) is 10.4. The summed E-state index contributed by atoms with van der Waals surface area (Å²) in [6, 6.07) is 2.94. The SMILES string of the molecule is CN(C)S(=O)(=O)c1ccc([S-])nc1.